The van der Waals surface area contributed by atoms with Gasteiger partial charge in [-0.25, -0.2) is 4.39 Å². The first-order valence-electron chi connectivity index (χ1n) is 8.89. The minimum atomic E-state index is -0.258. The molecule has 4 rings (SSSR count). The van der Waals surface area contributed by atoms with E-state index >= 15 is 4.39 Å². The predicted molar refractivity (Wildman–Crippen MR) is 96.1 cm³/mol. The highest BCUT2D eigenvalue weighted by Gasteiger charge is 2.37. The molecule has 3 aliphatic rings. The second-order valence-corrected chi connectivity index (χ2v) is 7.30. The van der Waals surface area contributed by atoms with Crippen LogP contribution in [0.1, 0.15) is 25.3 Å². The lowest BCUT2D eigenvalue weighted by atomic mass is 9.87. The van der Waals surface area contributed by atoms with Gasteiger partial charge < -0.3 is 19.4 Å². The first-order chi connectivity index (χ1) is 12.0. The zero-order valence-corrected chi connectivity index (χ0v) is 15.0. The SMILES string of the molecule is CC1C(C=O)=CN2c3c1cc(F)c(N1CCN(C)CC1)c3OC[C@@H]2C. The van der Waals surface area contributed by atoms with Gasteiger partial charge in [-0.05, 0) is 25.6 Å². The van der Waals surface area contributed by atoms with E-state index in [0.29, 0.717) is 23.6 Å². The Labute approximate surface area is 147 Å². The van der Waals surface area contributed by atoms with Crippen molar-refractivity contribution in [2.75, 3.05) is 49.6 Å². The molecular formula is C19H24FN3O2. The summed E-state index contributed by atoms with van der Waals surface area (Å²) in [5.41, 5.74) is 3.01. The number of nitrogens with zero attached hydrogens (tertiary/aromatic N) is 3. The van der Waals surface area contributed by atoms with Gasteiger partial charge in [-0.15, -0.1) is 0 Å². The van der Waals surface area contributed by atoms with Crippen molar-refractivity contribution in [1.82, 2.24) is 4.90 Å². The summed E-state index contributed by atoms with van der Waals surface area (Å²) >= 11 is 0. The fraction of sp³-hybridized carbons (Fsp3) is 0.526. The number of hydrogen-bond donors (Lipinski definition) is 0. The molecule has 0 amide bonds. The van der Waals surface area contributed by atoms with Crippen molar-refractivity contribution in [2.24, 2.45) is 0 Å². The molecule has 0 saturated carbocycles. The largest absolute Gasteiger partial charge is 0.487 e. The van der Waals surface area contributed by atoms with Gasteiger partial charge in [-0.2, -0.15) is 0 Å². The van der Waals surface area contributed by atoms with E-state index in [1.54, 1.807) is 6.07 Å². The number of benzene rings is 1. The number of halogens is 1. The summed E-state index contributed by atoms with van der Waals surface area (Å²) in [6, 6.07) is 1.71. The molecule has 5 nitrogen and oxygen atoms in total. The van der Waals surface area contributed by atoms with Crippen LogP contribution in [0, 0.1) is 5.82 Å². The standard InChI is InChI=1S/C19H24FN3O2/c1-12-11-25-19-17-15(13(2)14(10-24)9-23(12)17)8-16(20)18(19)22-6-4-21(3)5-7-22/h8-10,12-13H,4-7,11H2,1-3H3/t12-,13?/m0/s1. The third kappa shape index (κ3) is 2.51. The summed E-state index contributed by atoms with van der Waals surface area (Å²) in [5, 5.41) is 0. The Bertz CT molecular complexity index is 741. The molecule has 6 heteroatoms. The molecule has 25 heavy (non-hydrogen) atoms. The van der Waals surface area contributed by atoms with Crippen LogP contribution < -0.4 is 14.5 Å². The summed E-state index contributed by atoms with van der Waals surface area (Å²) in [6.07, 6.45) is 2.78. The van der Waals surface area contributed by atoms with Gasteiger partial charge in [0.05, 0.1) is 11.7 Å². The van der Waals surface area contributed by atoms with Crippen LogP contribution >= 0.6 is 0 Å². The maximum atomic E-state index is 15.1. The highest BCUT2D eigenvalue weighted by atomic mass is 19.1. The van der Waals surface area contributed by atoms with E-state index in [9.17, 15) is 4.79 Å². The first kappa shape index (κ1) is 16.4. The maximum absolute atomic E-state index is 15.1. The molecule has 3 aliphatic heterocycles. The van der Waals surface area contributed by atoms with Crippen LogP contribution in [0.5, 0.6) is 5.75 Å². The average Bonchev–Trinajstić information content (AvgIpc) is 2.60. The molecule has 2 atom stereocenters. The quantitative estimate of drug-likeness (QED) is 0.769. The second kappa shape index (κ2) is 6.02. The zero-order valence-electron chi connectivity index (χ0n) is 15.0. The van der Waals surface area contributed by atoms with Crippen molar-refractivity contribution < 1.29 is 13.9 Å². The van der Waals surface area contributed by atoms with E-state index in [1.807, 2.05) is 13.1 Å². The van der Waals surface area contributed by atoms with Gasteiger partial charge in [0, 0.05) is 43.9 Å². The average molecular weight is 345 g/mol. The number of allylic oxidation sites excluding steroid dienone is 1. The topological polar surface area (TPSA) is 36.0 Å². The van der Waals surface area contributed by atoms with Gasteiger partial charge in [0.1, 0.15) is 18.6 Å². The molecule has 0 aromatic heterocycles. The predicted octanol–water partition coefficient (Wildman–Crippen LogP) is 2.36. The Morgan fingerprint density at radius 2 is 1.92 bits per heavy atom. The summed E-state index contributed by atoms with van der Waals surface area (Å²) in [7, 11) is 2.08. The highest BCUT2D eigenvalue weighted by Crippen LogP contribution is 2.51. The molecule has 0 N–H and O–H groups in total. The molecule has 1 aromatic rings. The van der Waals surface area contributed by atoms with Gasteiger partial charge in [0.25, 0.3) is 0 Å². The first-order valence-corrected chi connectivity index (χ1v) is 8.89. The van der Waals surface area contributed by atoms with Gasteiger partial charge in [-0.3, -0.25) is 4.79 Å². The molecule has 0 bridgehead atoms. The minimum Gasteiger partial charge on any atom is -0.487 e. The number of anilines is 2. The fourth-order valence-corrected chi connectivity index (χ4v) is 3.96. The molecule has 1 unspecified atom stereocenters. The van der Waals surface area contributed by atoms with E-state index in [2.05, 4.69) is 28.7 Å². The molecular weight excluding hydrogens is 321 g/mol. The van der Waals surface area contributed by atoms with Crippen LogP contribution in [-0.4, -0.2) is 57.1 Å². The van der Waals surface area contributed by atoms with Crippen molar-refractivity contribution >= 4 is 17.7 Å². The van der Waals surface area contributed by atoms with E-state index < -0.39 is 0 Å². The van der Waals surface area contributed by atoms with E-state index in [4.69, 9.17) is 4.74 Å². The van der Waals surface area contributed by atoms with Crippen molar-refractivity contribution in [2.45, 2.75) is 25.8 Å². The van der Waals surface area contributed by atoms with Crippen LogP contribution in [0.4, 0.5) is 15.8 Å². The summed E-state index contributed by atoms with van der Waals surface area (Å²) in [5.74, 6) is 0.241. The van der Waals surface area contributed by atoms with Gasteiger partial charge in [-0.1, -0.05) is 6.92 Å². The lowest BCUT2D eigenvalue weighted by molar-refractivity contribution is -0.105. The second-order valence-electron chi connectivity index (χ2n) is 7.30. The number of aldehydes is 1. The van der Waals surface area contributed by atoms with Crippen LogP contribution in [0.3, 0.4) is 0 Å². The van der Waals surface area contributed by atoms with Crippen molar-refractivity contribution in [3.63, 3.8) is 0 Å². The van der Waals surface area contributed by atoms with Gasteiger partial charge in [0.2, 0.25) is 0 Å². The summed E-state index contributed by atoms with van der Waals surface area (Å²) in [6.45, 7) is 7.85. The van der Waals surface area contributed by atoms with Gasteiger partial charge in [0.15, 0.2) is 11.6 Å². The molecule has 3 heterocycles. The lowest BCUT2D eigenvalue weighted by Gasteiger charge is -2.43. The van der Waals surface area contributed by atoms with Crippen LogP contribution in [0.25, 0.3) is 0 Å². The number of hydrogen-bond acceptors (Lipinski definition) is 5. The van der Waals surface area contributed by atoms with Crippen LogP contribution in [-0.2, 0) is 4.79 Å². The smallest absolute Gasteiger partial charge is 0.169 e. The van der Waals surface area contributed by atoms with E-state index in [1.165, 1.54) is 0 Å². The molecule has 1 aromatic carbocycles. The number of carbonyl (C=O) groups excluding carboxylic acids is 1. The Balaban J connectivity index is 1.86. The Kier molecular flexibility index (Phi) is 3.95. The third-order valence-electron chi connectivity index (χ3n) is 5.62. The lowest BCUT2D eigenvalue weighted by Crippen LogP contribution is -2.46. The molecule has 1 saturated heterocycles. The number of piperazine rings is 1. The number of ether oxygens (including phenoxy) is 1. The molecule has 0 aliphatic carbocycles. The molecule has 0 spiro atoms. The van der Waals surface area contributed by atoms with E-state index in [0.717, 1.165) is 43.7 Å². The third-order valence-corrected chi connectivity index (χ3v) is 5.62. The summed E-state index contributed by atoms with van der Waals surface area (Å²) < 4.78 is 21.1. The van der Waals surface area contributed by atoms with Gasteiger partial charge >= 0.3 is 0 Å². The zero-order chi connectivity index (χ0) is 17.7. The molecule has 0 radical (unpaired) electrons. The van der Waals surface area contributed by atoms with Crippen molar-refractivity contribution in [3.8, 4) is 5.75 Å². The number of rotatable bonds is 2. The minimum absolute atomic E-state index is 0.111. The van der Waals surface area contributed by atoms with Crippen LogP contribution in [0.2, 0.25) is 0 Å². The Hall–Kier alpha value is -2.08. The van der Waals surface area contributed by atoms with Crippen molar-refractivity contribution in [3.05, 3.63) is 29.2 Å². The van der Waals surface area contributed by atoms with Crippen LogP contribution in [0.15, 0.2) is 17.8 Å². The normalized spacial score (nSPS) is 26.0. The van der Waals surface area contributed by atoms with E-state index in [-0.39, 0.29) is 17.8 Å². The van der Waals surface area contributed by atoms with Crippen molar-refractivity contribution in [1.29, 1.82) is 0 Å². The highest BCUT2D eigenvalue weighted by molar-refractivity contribution is 5.86. The number of carbonyl (C=O) groups is 1. The Morgan fingerprint density at radius 3 is 2.60 bits per heavy atom. The monoisotopic (exact) mass is 345 g/mol. The molecule has 1 fully saturated rings. The maximum Gasteiger partial charge on any atom is 0.169 e. The number of likely N-dealkylation sites (N-methyl/N-ethyl adjacent to an activating group) is 1. The Morgan fingerprint density at radius 1 is 1.20 bits per heavy atom. The summed E-state index contributed by atoms with van der Waals surface area (Å²) in [4.78, 5) is 17.9. The fourth-order valence-electron chi connectivity index (χ4n) is 3.96. The molecule has 134 valence electrons.